The highest BCUT2D eigenvalue weighted by Gasteiger charge is 2.36. The third-order valence-electron chi connectivity index (χ3n) is 2.83. The summed E-state index contributed by atoms with van der Waals surface area (Å²) in [5.41, 5.74) is 2.06. The van der Waals surface area contributed by atoms with Gasteiger partial charge in [0.05, 0.1) is 0 Å². The van der Waals surface area contributed by atoms with Crippen molar-refractivity contribution in [2.45, 2.75) is 32.3 Å². The highest BCUT2D eigenvalue weighted by Crippen LogP contribution is 2.39. The lowest BCUT2D eigenvalue weighted by Gasteiger charge is -2.24. The maximum atomic E-state index is 11.0. The van der Waals surface area contributed by atoms with E-state index in [-0.39, 0.29) is 5.97 Å². The van der Waals surface area contributed by atoms with Crippen LogP contribution in [0, 0.1) is 0 Å². The van der Waals surface area contributed by atoms with E-state index in [4.69, 9.17) is 4.74 Å². The summed E-state index contributed by atoms with van der Waals surface area (Å²) in [5.74, 6) is -0.204. The Kier molecular flexibility index (Phi) is 2.06. The number of carbonyl (C=O) groups is 1. The first-order valence-corrected chi connectivity index (χ1v) is 4.90. The quantitative estimate of drug-likeness (QED) is 0.636. The zero-order chi connectivity index (χ0) is 10.2. The zero-order valence-corrected chi connectivity index (χ0v) is 8.54. The van der Waals surface area contributed by atoms with E-state index < -0.39 is 5.60 Å². The van der Waals surface area contributed by atoms with Crippen molar-refractivity contribution in [1.29, 1.82) is 0 Å². The van der Waals surface area contributed by atoms with Crippen LogP contribution in [0.3, 0.4) is 0 Å². The minimum Gasteiger partial charge on any atom is -0.455 e. The summed E-state index contributed by atoms with van der Waals surface area (Å²) in [4.78, 5) is 11.0. The van der Waals surface area contributed by atoms with Gasteiger partial charge in [0.25, 0.3) is 0 Å². The molecule has 0 aromatic heterocycles. The molecule has 0 amide bonds. The van der Waals surface area contributed by atoms with Crippen LogP contribution in [0.25, 0.3) is 0 Å². The number of ether oxygens (including phenoxy) is 1. The van der Waals surface area contributed by atoms with Gasteiger partial charge < -0.3 is 4.74 Å². The molecule has 1 aliphatic carbocycles. The normalized spacial score (nSPS) is 24.4. The minimum atomic E-state index is -0.400. The third kappa shape index (κ3) is 1.41. The minimum absolute atomic E-state index is 0.204. The Morgan fingerprint density at radius 3 is 2.86 bits per heavy atom. The SMILES string of the molecule is CC(=O)OC1(C)CCc2ccccc21. The molecule has 1 unspecified atom stereocenters. The van der Waals surface area contributed by atoms with E-state index in [0.717, 1.165) is 18.4 Å². The van der Waals surface area contributed by atoms with Crippen molar-refractivity contribution in [2.75, 3.05) is 0 Å². The van der Waals surface area contributed by atoms with Gasteiger partial charge in [0.2, 0.25) is 0 Å². The lowest BCUT2D eigenvalue weighted by Crippen LogP contribution is -2.25. The molecule has 0 bridgehead atoms. The molecule has 0 radical (unpaired) electrons. The van der Waals surface area contributed by atoms with Crippen molar-refractivity contribution < 1.29 is 9.53 Å². The van der Waals surface area contributed by atoms with Gasteiger partial charge >= 0.3 is 5.97 Å². The van der Waals surface area contributed by atoms with Crippen molar-refractivity contribution in [3.63, 3.8) is 0 Å². The zero-order valence-electron chi connectivity index (χ0n) is 8.54. The number of esters is 1. The van der Waals surface area contributed by atoms with Crippen LogP contribution in [0.1, 0.15) is 31.4 Å². The molecule has 2 rings (SSSR count). The Bertz CT molecular complexity index is 370. The van der Waals surface area contributed by atoms with E-state index in [2.05, 4.69) is 6.07 Å². The van der Waals surface area contributed by atoms with Crippen LogP contribution in [-0.4, -0.2) is 5.97 Å². The van der Waals surface area contributed by atoms with Crippen LogP contribution < -0.4 is 0 Å². The van der Waals surface area contributed by atoms with Crippen LogP contribution in [0.2, 0.25) is 0 Å². The van der Waals surface area contributed by atoms with Gasteiger partial charge in [-0.25, -0.2) is 0 Å². The number of carbonyl (C=O) groups excluding carboxylic acids is 1. The summed E-state index contributed by atoms with van der Waals surface area (Å²) >= 11 is 0. The van der Waals surface area contributed by atoms with Gasteiger partial charge in [-0.15, -0.1) is 0 Å². The van der Waals surface area contributed by atoms with Crippen molar-refractivity contribution >= 4 is 5.97 Å². The van der Waals surface area contributed by atoms with Gasteiger partial charge in [-0.3, -0.25) is 4.79 Å². The molecule has 2 nitrogen and oxygen atoms in total. The Morgan fingerprint density at radius 1 is 1.43 bits per heavy atom. The van der Waals surface area contributed by atoms with Gasteiger partial charge in [-0.2, -0.15) is 0 Å². The number of hydrogen-bond donors (Lipinski definition) is 0. The molecule has 1 atom stereocenters. The molecule has 2 heteroatoms. The Hall–Kier alpha value is -1.31. The molecule has 1 aromatic rings. The number of fused-ring (bicyclic) bond motifs is 1. The first kappa shape index (κ1) is 9.25. The summed E-state index contributed by atoms with van der Waals surface area (Å²) in [7, 11) is 0. The Balaban J connectivity index is 2.37. The highest BCUT2D eigenvalue weighted by atomic mass is 16.6. The van der Waals surface area contributed by atoms with Crippen LogP contribution in [0.5, 0.6) is 0 Å². The lowest BCUT2D eigenvalue weighted by atomic mass is 9.98. The molecule has 0 fully saturated rings. The summed E-state index contributed by atoms with van der Waals surface area (Å²) in [6, 6.07) is 8.17. The van der Waals surface area contributed by atoms with Crippen molar-refractivity contribution in [2.24, 2.45) is 0 Å². The molecular formula is C12H14O2. The van der Waals surface area contributed by atoms with Crippen molar-refractivity contribution in [3.8, 4) is 0 Å². The molecular weight excluding hydrogens is 176 g/mol. The summed E-state index contributed by atoms with van der Waals surface area (Å²) < 4.78 is 5.39. The van der Waals surface area contributed by atoms with Crippen LogP contribution in [-0.2, 0) is 21.6 Å². The Labute approximate surface area is 83.9 Å². The largest absolute Gasteiger partial charge is 0.455 e. The predicted molar refractivity (Wildman–Crippen MR) is 53.9 cm³/mol. The first-order chi connectivity index (χ1) is 6.62. The predicted octanol–water partition coefficient (Wildman–Crippen LogP) is 2.41. The Morgan fingerprint density at radius 2 is 2.14 bits per heavy atom. The number of hydrogen-bond acceptors (Lipinski definition) is 2. The molecule has 14 heavy (non-hydrogen) atoms. The van der Waals surface area contributed by atoms with Gasteiger partial charge in [0.15, 0.2) is 0 Å². The number of benzene rings is 1. The third-order valence-corrected chi connectivity index (χ3v) is 2.83. The number of rotatable bonds is 1. The van der Waals surface area contributed by atoms with Gasteiger partial charge in [-0.05, 0) is 30.9 Å². The molecule has 0 N–H and O–H groups in total. The molecule has 0 saturated heterocycles. The van der Waals surface area contributed by atoms with E-state index >= 15 is 0 Å². The maximum absolute atomic E-state index is 11.0. The van der Waals surface area contributed by atoms with E-state index in [1.165, 1.54) is 12.5 Å². The molecule has 1 aromatic carbocycles. The van der Waals surface area contributed by atoms with E-state index in [1.807, 2.05) is 25.1 Å². The second kappa shape index (κ2) is 3.12. The smallest absolute Gasteiger partial charge is 0.303 e. The standard InChI is InChI=1S/C12H14O2/c1-9(13)14-12(2)8-7-10-5-3-4-6-11(10)12/h3-6H,7-8H2,1-2H3. The van der Waals surface area contributed by atoms with Gasteiger partial charge in [-0.1, -0.05) is 24.3 Å². The fourth-order valence-electron chi connectivity index (χ4n) is 2.19. The fourth-order valence-corrected chi connectivity index (χ4v) is 2.19. The second-order valence-corrected chi connectivity index (χ2v) is 3.98. The van der Waals surface area contributed by atoms with E-state index in [0.29, 0.717) is 0 Å². The van der Waals surface area contributed by atoms with E-state index in [9.17, 15) is 4.79 Å². The van der Waals surface area contributed by atoms with Crippen LogP contribution >= 0.6 is 0 Å². The first-order valence-electron chi connectivity index (χ1n) is 4.90. The molecule has 1 aliphatic rings. The summed E-state index contributed by atoms with van der Waals surface area (Å²) in [6.07, 6.45) is 1.89. The lowest BCUT2D eigenvalue weighted by molar-refractivity contribution is -0.156. The average Bonchev–Trinajstić information content (AvgIpc) is 2.44. The maximum Gasteiger partial charge on any atom is 0.303 e. The molecule has 0 saturated carbocycles. The topological polar surface area (TPSA) is 26.3 Å². The van der Waals surface area contributed by atoms with Crippen LogP contribution in [0.15, 0.2) is 24.3 Å². The highest BCUT2D eigenvalue weighted by molar-refractivity contribution is 5.67. The average molecular weight is 190 g/mol. The summed E-state index contributed by atoms with van der Waals surface area (Å²) in [5, 5.41) is 0. The second-order valence-electron chi connectivity index (χ2n) is 3.98. The molecule has 74 valence electrons. The van der Waals surface area contributed by atoms with Crippen molar-refractivity contribution in [3.05, 3.63) is 35.4 Å². The number of aryl methyl sites for hydroxylation is 1. The molecule has 0 heterocycles. The monoisotopic (exact) mass is 190 g/mol. The summed E-state index contributed by atoms with van der Waals surface area (Å²) in [6.45, 7) is 3.45. The van der Waals surface area contributed by atoms with Crippen molar-refractivity contribution in [1.82, 2.24) is 0 Å². The van der Waals surface area contributed by atoms with Gasteiger partial charge in [0.1, 0.15) is 5.60 Å². The molecule has 0 aliphatic heterocycles. The van der Waals surface area contributed by atoms with Gasteiger partial charge in [0, 0.05) is 6.92 Å². The molecule has 0 spiro atoms. The van der Waals surface area contributed by atoms with E-state index in [1.54, 1.807) is 0 Å². The fraction of sp³-hybridized carbons (Fsp3) is 0.417. The van der Waals surface area contributed by atoms with Crippen LogP contribution in [0.4, 0.5) is 0 Å².